The molecule has 1 aliphatic rings. The fourth-order valence-electron chi connectivity index (χ4n) is 2.72. The number of carbonyl (C=O) groups excluding carboxylic acids is 4. The van der Waals surface area contributed by atoms with Gasteiger partial charge < -0.3 is 14.5 Å². The maximum atomic E-state index is 12.3. The highest BCUT2D eigenvalue weighted by Gasteiger charge is 2.35. The average Bonchev–Trinajstić information content (AvgIpc) is 3.27. The summed E-state index contributed by atoms with van der Waals surface area (Å²) in [5.74, 6) is -1.19. The molecule has 0 aliphatic carbocycles. The van der Waals surface area contributed by atoms with E-state index in [1.165, 1.54) is 6.26 Å². The van der Waals surface area contributed by atoms with Crippen LogP contribution >= 0.6 is 15.9 Å². The van der Waals surface area contributed by atoms with E-state index in [1.54, 1.807) is 30.3 Å². The molecule has 0 saturated carbocycles. The molecule has 1 N–H and O–H groups in total. The molecule has 0 atom stereocenters. The first kappa shape index (κ1) is 19.8. The molecule has 9 heteroatoms. The summed E-state index contributed by atoms with van der Waals surface area (Å²) >= 11 is 3.27. The molecule has 2 heterocycles. The smallest absolute Gasteiger partial charge is 0.306 e. The Hall–Kier alpha value is -2.94. The van der Waals surface area contributed by atoms with Crippen LogP contribution in [0.5, 0.6) is 0 Å². The molecule has 2 aromatic rings. The number of rotatable bonds is 8. The van der Waals surface area contributed by atoms with Crippen LogP contribution in [0.1, 0.15) is 39.3 Å². The number of ether oxygens (including phenoxy) is 1. The Kier molecular flexibility index (Phi) is 6.25. The first-order valence-electron chi connectivity index (χ1n) is 8.56. The van der Waals surface area contributed by atoms with Crippen LogP contribution in [-0.2, 0) is 20.9 Å². The third kappa shape index (κ3) is 4.66. The first-order chi connectivity index (χ1) is 13.5. The summed E-state index contributed by atoms with van der Waals surface area (Å²) in [6, 6.07) is 8.31. The first-order valence-corrected chi connectivity index (χ1v) is 9.35. The lowest BCUT2D eigenvalue weighted by Crippen LogP contribution is -2.31. The van der Waals surface area contributed by atoms with E-state index in [9.17, 15) is 19.2 Å². The molecule has 1 aliphatic heterocycles. The van der Waals surface area contributed by atoms with Gasteiger partial charge >= 0.3 is 5.97 Å². The van der Waals surface area contributed by atoms with E-state index in [4.69, 9.17) is 9.15 Å². The van der Waals surface area contributed by atoms with Crippen LogP contribution in [0.2, 0.25) is 0 Å². The SMILES string of the molecule is O=C(COC(=O)CCCN1C(=O)c2ccc(Br)cc2C1=O)NCc1ccco1. The van der Waals surface area contributed by atoms with Crippen molar-refractivity contribution in [3.8, 4) is 0 Å². The summed E-state index contributed by atoms with van der Waals surface area (Å²) in [5.41, 5.74) is 0.694. The number of nitrogens with one attached hydrogen (secondary N) is 1. The molecular weight excluding hydrogens is 432 g/mol. The highest BCUT2D eigenvalue weighted by Crippen LogP contribution is 2.26. The Balaban J connectivity index is 1.38. The van der Waals surface area contributed by atoms with Crippen molar-refractivity contribution in [2.75, 3.05) is 13.2 Å². The number of hydrogen-bond acceptors (Lipinski definition) is 6. The molecule has 146 valence electrons. The maximum Gasteiger partial charge on any atom is 0.306 e. The predicted molar refractivity (Wildman–Crippen MR) is 100 cm³/mol. The Morgan fingerprint density at radius 1 is 1.14 bits per heavy atom. The summed E-state index contributed by atoms with van der Waals surface area (Å²) in [6.07, 6.45) is 1.73. The van der Waals surface area contributed by atoms with Gasteiger partial charge in [0.2, 0.25) is 0 Å². The van der Waals surface area contributed by atoms with Gasteiger partial charge in [0.15, 0.2) is 6.61 Å². The fourth-order valence-corrected chi connectivity index (χ4v) is 3.08. The third-order valence-corrected chi connectivity index (χ3v) is 4.59. The third-order valence-electron chi connectivity index (χ3n) is 4.10. The van der Waals surface area contributed by atoms with Gasteiger partial charge in [0.05, 0.1) is 23.9 Å². The molecule has 8 nitrogen and oxygen atoms in total. The Morgan fingerprint density at radius 3 is 2.68 bits per heavy atom. The number of amides is 3. The van der Waals surface area contributed by atoms with Gasteiger partial charge in [-0.1, -0.05) is 15.9 Å². The molecule has 0 bridgehead atoms. The number of imide groups is 1. The quantitative estimate of drug-likeness (QED) is 0.490. The van der Waals surface area contributed by atoms with Gasteiger partial charge in [0.1, 0.15) is 5.76 Å². The second kappa shape index (κ2) is 8.83. The van der Waals surface area contributed by atoms with E-state index in [0.717, 1.165) is 4.90 Å². The van der Waals surface area contributed by atoms with Crippen LogP contribution in [-0.4, -0.2) is 41.7 Å². The maximum absolute atomic E-state index is 12.3. The van der Waals surface area contributed by atoms with Gasteiger partial charge in [0.25, 0.3) is 17.7 Å². The molecule has 0 saturated heterocycles. The number of halogens is 1. The van der Waals surface area contributed by atoms with Crippen molar-refractivity contribution < 1.29 is 28.3 Å². The molecular formula is C19H17BrN2O6. The molecule has 0 unspecified atom stereocenters. The van der Waals surface area contributed by atoms with Crippen molar-refractivity contribution in [1.29, 1.82) is 0 Å². The zero-order valence-corrected chi connectivity index (χ0v) is 16.4. The van der Waals surface area contributed by atoms with Gasteiger partial charge in [-0.25, -0.2) is 0 Å². The van der Waals surface area contributed by atoms with E-state index in [0.29, 0.717) is 21.4 Å². The van der Waals surface area contributed by atoms with Crippen LogP contribution in [0.15, 0.2) is 45.5 Å². The molecule has 0 radical (unpaired) electrons. The van der Waals surface area contributed by atoms with Gasteiger partial charge in [-0.05, 0) is 36.8 Å². The summed E-state index contributed by atoms with van der Waals surface area (Å²) < 4.78 is 10.7. The Morgan fingerprint density at radius 2 is 1.93 bits per heavy atom. The second-order valence-electron chi connectivity index (χ2n) is 6.07. The van der Waals surface area contributed by atoms with E-state index < -0.39 is 18.5 Å². The van der Waals surface area contributed by atoms with Crippen molar-refractivity contribution in [3.05, 3.63) is 58.0 Å². The van der Waals surface area contributed by atoms with Crippen molar-refractivity contribution in [2.24, 2.45) is 0 Å². The molecule has 1 aromatic carbocycles. The van der Waals surface area contributed by atoms with E-state index in [1.807, 2.05) is 0 Å². The zero-order chi connectivity index (χ0) is 20.1. The largest absolute Gasteiger partial charge is 0.467 e. The lowest BCUT2D eigenvalue weighted by molar-refractivity contribution is -0.148. The Labute approximate surface area is 168 Å². The second-order valence-corrected chi connectivity index (χ2v) is 6.99. The predicted octanol–water partition coefficient (Wildman–Crippen LogP) is 2.28. The number of fused-ring (bicyclic) bond motifs is 1. The summed E-state index contributed by atoms with van der Waals surface area (Å²) in [6.45, 7) is -0.0937. The van der Waals surface area contributed by atoms with E-state index >= 15 is 0 Å². The lowest BCUT2D eigenvalue weighted by Gasteiger charge is -2.13. The van der Waals surface area contributed by atoms with Gasteiger partial charge in [-0.3, -0.25) is 24.1 Å². The minimum atomic E-state index is -0.576. The molecule has 1 aromatic heterocycles. The minimum absolute atomic E-state index is 0.0113. The monoisotopic (exact) mass is 448 g/mol. The summed E-state index contributed by atoms with van der Waals surface area (Å²) in [5, 5.41) is 2.56. The topological polar surface area (TPSA) is 106 Å². The number of nitrogens with zero attached hydrogens (tertiary/aromatic N) is 1. The minimum Gasteiger partial charge on any atom is -0.467 e. The van der Waals surface area contributed by atoms with Crippen LogP contribution in [0.25, 0.3) is 0 Å². The van der Waals surface area contributed by atoms with Crippen molar-refractivity contribution in [2.45, 2.75) is 19.4 Å². The van der Waals surface area contributed by atoms with Gasteiger partial charge in [0, 0.05) is 17.4 Å². The molecule has 0 fully saturated rings. The lowest BCUT2D eigenvalue weighted by atomic mass is 10.1. The van der Waals surface area contributed by atoms with Crippen LogP contribution < -0.4 is 5.32 Å². The van der Waals surface area contributed by atoms with E-state index in [-0.39, 0.29) is 37.7 Å². The van der Waals surface area contributed by atoms with Crippen LogP contribution in [0.3, 0.4) is 0 Å². The molecule has 0 spiro atoms. The van der Waals surface area contributed by atoms with Crippen LogP contribution in [0.4, 0.5) is 0 Å². The standard InChI is InChI=1S/C19H17BrN2O6/c20-12-5-6-14-15(9-12)19(26)22(18(14)25)7-1-4-17(24)28-11-16(23)21-10-13-3-2-8-27-13/h2-3,5-6,8-9H,1,4,7,10-11H2,(H,21,23). The molecule has 28 heavy (non-hydrogen) atoms. The number of esters is 1. The highest BCUT2D eigenvalue weighted by atomic mass is 79.9. The summed E-state index contributed by atoms with van der Waals surface area (Å²) in [7, 11) is 0. The highest BCUT2D eigenvalue weighted by molar-refractivity contribution is 9.10. The summed E-state index contributed by atoms with van der Waals surface area (Å²) in [4.78, 5) is 49.1. The number of benzene rings is 1. The van der Waals surface area contributed by atoms with Gasteiger partial charge in [-0.2, -0.15) is 0 Å². The average molecular weight is 449 g/mol. The number of carbonyl (C=O) groups is 4. The zero-order valence-electron chi connectivity index (χ0n) is 14.8. The van der Waals surface area contributed by atoms with Crippen LogP contribution in [0, 0.1) is 0 Å². The van der Waals surface area contributed by atoms with Gasteiger partial charge in [-0.15, -0.1) is 0 Å². The van der Waals surface area contributed by atoms with E-state index in [2.05, 4.69) is 21.2 Å². The van der Waals surface area contributed by atoms with Crippen molar-refractivity contribution in [3.63, 3.8) is 0 Å². The number of hydrogen-bond donors (Lipinski definition) is 1. The molecule has 3 amide bonds. The normalized spacial score (nSPS) is 12.8. The number of furan rings is 1. The Bertz CT molecular complexity index is 909. The van der Waals surface area contributed by atoms with Crippen molar-refractivity contribution in [1.82, 2.24) is 10.2 Å². The van der Waals surface area contributed by atoms with Crippen molar-refractivity contribution >= 4 is 39.6 Å². The fraction of sp³-hybridized carbons (Fsp3) is 0.263. The molecule has 3 rings (SSSR count).